The van der Waals surface area contributed by atoms with E-state index in [0.29, 0.717) is 19.0 Å². The van der Waals surface area contributed by atoms with Gasteiger partial charge in [-0.15, -0.1) is 12.4 Å². The van der Waals surface area contributed by atoms with Gasteiger partial charge >= 0.3 is 5.97 Å². The van der Waals surface area contributed by atoms with E-state index in [1.54, 1.807) is 18.2 Å². The molecule has 6 nitrogen and oxygen atoms in total. The molecular formula is C30H35ClFN3O3. The van der Waals surface area contributed by atoms with E-state index in [2.05, 4.69) is 4.57 Å². The molecular weight excluding hydrogens is 505 g/mol. The molecule has 2 fully saturated rings. The molecule has 1 saturated heterocycles. The van der Waals surface area contributed by atoms with Gasteiger partial charge in [-0.1, -0.05) is 25.3 Å². The molecule has 1 saturated carbocycles. The average molecular weight is 540 g/mol. The third-order valence-corrected chi connectivity index (χ3v) is 8.55. The molecule has 2 aromatic carbocycles. The first-order valence-electron chi connectivity index (χ1n) is 13.7. The maximum absolute atomic E-state index is 14.7. The fourth-order valence-corrected chi connectivity index (χ4v) is 6.72. The Labute approximate surface area is 228 Å². The lowest BCUT2D eigenvalue weighted by Crippen LogP contribution is -2.43. The second-order valence-electron chi connectivity index (χ2n) is 10.8. The molecule has 38 heavy (non-hydrogen) atoms. The zero-order valence-corrected chi connectivity index (χ0v) is 22.4. The maximum atomic E-state index is 14.7. The number of piperidine rings is 1. The van der Waals surface area contributed by atoms with Gasteiger partial charge in [0.2, 0.25) is 5.91 Å². The van der Waals surface area contributed by atoms with Gasteiger partial charge in [-0.2, -0.15) is 0 Å². The summed E-state index contributed by atoms with van der Waals surface area (Å²) in [5.41, 5.74) is 5.18. The van der Waals surface area contributed by atoms with Crippen molar-refractivity contribution in [2.45, 2.75) is 63.8 Å². The maximum Gasteiger partial charge on any atom is 0.335 e. The van der Waals surface area contributed by atoms with Gasteiger partial charge < -0.3 is 19.5 Å². The van der Waals surface area contributed by atoms with Gasteiger partial charge in [0.25, 0.3) is 0 Å². The van der Waals surface area contributed by atoms with Crippen LogP contribution >= 0.6 is 12.4 Å². The number of aromatic carboxylic acids is 1. The van der Waals surface area contributed by atoms with E-state index < -0.39 is 5.97 Å². The zero-order chi connectivity index (χ0) is 25.5. The quantitative estimate of drug-likeness (QED) is 0.414. The fourth-order valence-electron chi connectivity index (χ4n) is 6.72. The molecule has 0 bridgehead atoms. The first kappa shape index (κ1) is 26.5. The van der Waals surface area contributed by atoms with Crippen LogP contribution in [-0.2, 0) is 11.3 Å². The summed E-state index contributed by atoms with van der Waals surface area (Å²) < 4.78 is 16.9. The van der Waals surface area contributed by atoms with Gasteiger partial charge in [-0.3, -0.25) is 4.79 Å². The Balaban J connectivity index is 0.00000294. The van der Waals surface area contributed by atoms with E-state index in [1.807, 2.05) is 21.9 Å². The minimum Gasteiger partial charge on any atom is -0.478 e. The number of carbonyl (C=O) groups is 2. The van der Waals surface area contributed by atoms with E-state index in [0.717, 1.165) is 73.0 Å². The summed E-state index contributed by atoms with van der Waals surface area (Å²) in [6, 6.07) is 10.4. The number of rotatable bonds is 4. The number of benzene rings is 2. The lowest BCUT2D eigenvalue weighted by Gasteiger charge is -2.31. The van der Waals surface area contributed by atoms with Crippen molar-refractivity contribution < 1.29 is 19.1 Å². The standard InChI is InChI=1S/C30H34FN3O3.ClH/c31-22-10-12-24-25(18-22)33(19-27(35)32-13-5-2-6-14-32)15-16-34-26-17-21(30(36)37)9-11-23(26)28(29(24)34)20-7-3-1-4-8-20;/h9-12,17-18,20H,1-8,13-16,19H2,(H,36,37);1H. The van der Waals surface area contributed by atoms with Crippen molar-refractivity contribution in [2.75, 3.05) is 31.1 Å². The number of amides is 1. The zero-order valence-electron chi connectivity index (χ0n) is 21.6. The summed E-state index contributed by atoms with van der Waals surface area (Å²) in [6.45, 7) is 2.95. The minimum atomic E-state index is -0.943. The predicted octanol–water partition coefficient (Wildman–Crippen LogP) is 6.45. The molecule has 202 valence electrons. The normalized spacial score (nSPS) is 17.9. The van der Waals surface area contributed by atoms with Gasteiger partial charge in [-0.05, 0) is 73.9 Å². The Bertz CT molecular complexity index is 1360. The second-order valence-corrected chi connectivity index (χ2v) is 10.8. The number of likely N-dealkylation sites (tertiary alicyclic amines) is 1. The topological polar surface area (TPSA) is 65.8 Å². The Morgan fingerprint density at radius 2 is 1.63 bits per heavy atom. The van der Waals surface area contributed by atoms with Crippen LogP contribution in [0.4, 0.5) is 10.1 Å². The van der Waals surface area contributed by atoms with Gasteiger partial charge in [0.1, 0.15) is 5.82 Å². The molecule has 1 N–H and O–H groups in total. The molecule has 8 heteroatoms. The highest BCUT2D eigenvalue weighted by atomic mass is 35.5. The Morgan fingerprint density at radius 3 is 2.37 bits per heavy atom. The number of hydrogen-bond acceptors (Lipinski definition) is 3. The molecule has 1 aliphatic carbocycles. The molecule has 3 aromatic rings. The Morgan fingerprint density at radius 1 is 0.895 bits per heavy atom. The highest BCUT2D eigenvalue weighted by Gasteiger charge is 2.32. The first-order valence-corrected chi connectivity index (χ1v) is 13.7. The predicted molar refractivity (Wildman–Crippen MR) is 150 cm³/mol. The van der Waals surface area contributed by atoms with Gasteiger partial charge in [0, 0.05) is 48.3 Å². The van der Waals surface area contributed by atoms with Crippen LogP contribution in [0.5, 0.6) is 0 Å². The summed E-state index contributed by atoms with van der Waals surface area (Å²) in [5, 5.41) is 10.8. The molecule has 3 heterocycles. The van der Waals surface area contributed by atoms with E-state index in [9.17, 15) is 19.1 Å². The van der Waals surface area contributed by atoms with E-state index in [-0.39, 0.29) is 36.2 Å². The monoisotopic (exact) mass is 539 g/mol. The van der Waals surface area contributed by atoms with Crippen molar-refractivity contribution in [1.29, 1.82) is 0 Å². The van der Waals surface area contributed by atoms with Crippen LogP contribution in [0.25, 0.3) is 22.2 Å². The van der Waals surface area contributed by atoms with Crippen LogP contribution in [0.1, 0.15) is 73.2 Å². The van der Waals surface area contributed by atoms with Crippen molar-refractivity contribution in [2.24, 2.45) is 0 Å². The number of aromatic nitrogens is 1. The van der Waals surface area contributed by atoms with Gasteiger partial charge in [0.15, 0.2) is 0 Å². The summed E-state index contributed by atoms with van der Waals surface area (Å²) in [7, 11) is 0. The number of nitrogens with zero attached hydrogens (tertiary/aromatic N) is 3. The molecule has 3 aliphatic rings. The highest BCUT2D eigenvalue weighted by molar-refractivity contribution is 6.00. The van der Waals surface area contributed by atoms with Crippen molar-refractivity contribution in [3.8, 4) is 11.3 Å². The number of anilines is 1. The Hall–Kier alpha value is -3.06. The molecule has 2 aliphatic heterocycles. The van der Waals surface area contributed by atoms with Crippen LogP contribution in [0, 0.1) is 5.82 Å². The average Bonchev–Trinajstić information content (AvgIpc) is 3.16. The van der Waals surface area contributed by atoms with E-state index in [1.165, 1.54) is 30.9 Å². The largest absolute Gasteiger partial charge is 0.478 e. The summed E-state index contributed by atoms with van der Waals surface area (Å²) in [5.74, 6) is -0.790. The molecule has 1 aromatic heterocycles. The van der Waals surface area contributed by atoms with E-state index in [4.69, 9.17) is 0 Å². The molecule has 0 unspecified atom stereocenters. The number of hydrogen-bond donors (Lipinski definition) is 1. The summed E-state index contributed by atoms with van der Waals surface area (Å²) in [4.78, 5) is 29.1. The highest BCUT2D eigenvalue weighted by Crippen LogP contribution is 2.47. The van der Waals surface area contributed by atoms with Crippen molar-refractivity contribution in [1.82, 2.24) is 9.47 Å². The number of halogens is 2. The summed E-state index contributed by atoms with van der Waals surface area (Å²) >= 11 is 0. The smallest absolute Gasteiger partial charge is 0.335 e. The second kappa shape index (κ2) is 11.0. The number of carboxylic acids is 1. The fraction of sp³-hybridized carbons (Fsp3) is 0.467. The van der Waals surface area contributed by atoms with Gasteiger partial charge in [0.05, 0.1) is 17.8 Å². The molecule has 0 spiro atoms. The van der Waals surface area contributed by atoms with Crippen molar-refractivity contribution >= 4 is 40.9 Å². The molecule has 1 amide bonds. The van der Waals surface area contributed by atoms with Crippen LogP contribution < -0.4 is 4.90 Å². The SMILES string of the molecule is Cl.O=C(O)c1ccc2c(C3CCCCC3)c3n(c2c1)CCN(CC(=O)N1CCCCC1)c1cc(F)ccc1-3. The lowest BCUT2D eigenvalue weighted by atomic mass is 9.81. The van der Waals surface area contributed by atoms with Gasteiger partial charge in [-0.25, -0.2) is 9.18 Å². The van der Waals surface area contributed by atoms with Crippen molar-refractivity contribution in [3.63, 3.8) is 0 Å². The van der Waals surface area contributed by atoms with Crippen LogP contribution in [0.15, 0.2) is 36.4 Å². The van der Waals surface area contributed by atoms with Crippen molar-refractivity contribution in [3.05, 3.63) is 53.3 Å². The molecule has 0 atom stereocenters. The third-order valence-electron chi connectivity index (χ3n) is 8.55. The third kappa shape index (κ3) is 4.77. The van der Waals surface area contributed by atoms with Crippen LogP contribution in [0.2, 0.25) is 0 Å². The number of carboxylic acid groups (broad SMARTS) is 1. The Kier molecular flexibility index (Phi) is 7.66. The van der Waals surface area contributed by atoms with E-state index >= 15 is 0 Å². The molecule has 0 radical (unpaired) electrons. The minimum absolute atomic E-state index is 0. The van der Waals surface area contributed by atoms with Crippen LogP contribution in [0.3, 0.4) is 0 Å². The number of carbonyl (C=O) groups excluding carboxylic acids is 1. The lowest BCUT2D eigenvalue weighted by molar-refractivity contribution is -0.130. The molecule has 6 rings (SSSR count). The summed E-state index contributed by atoms with van der Waals surface area (Å²) in [6.07, 6.45) is 9.01. The number of fused-ring (bicyclic) bond motifs is 5. The first-order chi connectivity index (χ1) is 18.0. The van der Waals surface area contributed by atoms with Crippen LogP contribution in [-0.4, -0.2) is 52.6 Å².